The molecule has 2 rings (SSSR count). The maximum atomic E-state index is 5.83. The molecule has 0 amide bonds. The highest BCUT2D eigenvalue weighted by molar-refractivity contribution is 6.30. The van der Waals surface area contributed by atoms with Crippen LogP contribution in [-0.2, 0) is 6.54 Å². The molecule has 4 heteroatoms. The summed E-state index contributed by atoms with van der Waals surface area (Å²) in [5.74, 6) is 0. The average molecular weight is 265 g/mol. The number of nitrogens with zero attached hydrogens (tertiary/aromatic N) is 1. The van der Waals surface area contributed by atoms with Crippen LogP contribution in [-0.4, -0.2) is 25.0 Å². The highest BCUT2D eigenvalue weighted by atomic mass is 35.5. The van der Waals surface area contributed by atoms with Crippen molar-refractivity contribution in [2.75, 3.05) is 25.5 Å². The maximum Gasteiger partial charge on any atom is 0.0947 e. The molecule has 0 aliphatic rings. The van der Waals surface area contributed by atoms with Crippen molar-refractivity contribution in [1.29, 1.82) is 0 Å². The molecule has 0 saturated carbocycles. The Bertz CT molecular complexity index is 453. The van der Waals surface area contributed by atoms with E-state index in [2.05, 4.69) is 17.3 Å². The zero-order valence-electron chi connectivity index (χ0n) is 10.4. The quantitative estimate of drug-likeness (QED) is 0.866. The number of hydrogen-bond donors (Lipinski definition) is 1. The lowest BCUT2D eigenvalue weighted by molar-refractivity contribution is 0.338. The van der Waals surface area contributed by atoms with Gasteiger partial charge in [-0.05, 0) is 37.4 Å². The fourth-order valence-corrected chi connectivity index (χ4v) is 1.86. The standard InChI is InChI=1S/C14H17ClN2O/c1-17(10-12-6-9-18-11-12)8-7-16-14-4-2-13(15)3-5-14/h2-6,9,11,16H,7-8,10H2,1H3. The van der Waals surface area contributed by atoms with Crippen LogP contribution >= 0.6 is 11.6 Å². The van der Waals surface area contributed by atoms with E-state index in [1.165, 1.54) is 5.56 Å². The summed E-state index contributed by atoms with van der Waals surface area (Å²) in [6.45, 7) is 2.77. The van der Waals surface area contributed by atoms with Crippen LogP contribution in [0.1, 0.15) is 5.56 Å². The molecule has 1 aromatic heterocycles. The van der Waals surface area contributed by atoms with Crippen LogP contribution in [0.4, 0.5) is 5.69 Å². The van der Waals surface area contributed by atoms with E-state index in [4.69, 9.17) is 16.0 Å². The Labute approximate surface area is 112 Å². The van der Waals surface area contributed by atoms with Gasteiger partial charge in [0.1, 0.15) is 0 Å². The fourth-order valence-electron chi connectivity index (χ4n) is 1.73. The second kappa shape index (κ2) is 6.47. The molecular formula is C14H17ClN2O. The summed E-state index contributed by atoms with van der Waals surface area (Å²) in [4.78, 5) is 2.24. The van der Waals surface area contributed by atoms with Crippen LogP contribution in [0.2, 0.25) is 5.02 Å². The average Bonchev–Trinajstić information content (AvgIpc) is 2.84. The van der Waals surface area contributed by atoms with E-state index in [0.29, 0.717) is 0 Å². The molecule has 1 N–H and O–H groups in total. The first-order valence-corrected chi connectivity index (χ1v) is 6.31. The molecule has 3 nitrogen and oxygen atoms in total. The van der Waals surface area contributed by atoms with Gasteiger partial charge in [-0.25, -0.2) is 0 Å². The zero-order chi connectivity index (χ0) is 12.8. The third-order valence-corrected chi connectivity index (χ3v) is 2.95. The summed E-state index contributed by atoms with van der Waals surface area (Å²) < 4.78 is 5.05. The van der Waals surface area contributed by atoms with Crippen molar-refractivity contribution in [3.63, 3.8) is 0 Å². The Morgan fingerprint density at radius 2 is 2.00 bits per heavy atom. The summed E-state index contributed by atoms with van der Waals surface area (Å²) in [7, 11) is 2.09. The molecule has 0 aliphatic carbocycles. The smallest absolute Gasteiger partial charge is 0.0947 e. The third kappa shape index (κ3) is 4.09. The van der Waals surface area contributed by atoms with Gasteiger partial charge in [-0.2, -0.15) is 0 Å². The summed E-state index contributed by atoms with van der Waals surface area (Å²) in [6, 6.07) is 9.73. The van der Waals surface area contributed by atoms with Crippen molar-refractivity contribution >= 4 is 17.3 Å². The molecule has 0 saturated heterocycles. The minimum atomic E-state index is 0.762. The highest BCUT2D eigenvalue weighted by Gasteiger charge is 2.01. The Hall–Kier alpha value is -1.45. The Morgan fingerprint density at radius 3 is 2.67 bits per heavy atom. The molecule has 0 spiro atoms. The summed E-state index contributed by atoms with van der Waals surface area (Å²) >= 11 is 5.83. The lowest BCUT2D eigenvalue weighted by Crippen LogP contribution is -2.24. The van der Waals surface area contributed by atoms with Gasteiger partial charge in [-0.15, -0.1) is 0 Å². The molecule has 2 aromatic rings. The van der Waals surface area contributed by atoms with Gasteiger partial charge >= 0.3 is 0 Å². The van der Waals surface area contributed by atoms with Crippen molar-refractivity contribution in [3.05, 3.63) is 53.4 Å². The Balaban J connectivity index is 1.70. The van der Waals surface area contributed by atoms with E-state index < -0.39 is 0 Å². The summed E-state index contributed by atoms with van der Waals surface area (Å²) in [5, 5.41) is 4.12. The van der Waals surface area contributed by atoms with Crippen molar-refractivity contribution in [2.45, 2.75) is 6.54 Å². The Morgan fingerprint density at radius 1 is 1.22 bits per heavy atom. The van der Waals surface area contributed by atoms with Crippen LogP contribution < -0.4 is 5.32 Å². The van der Waals surface area contributed by atoms with E-state index in [1.54, 1.807) is 12.5 Å². The van der Waals surface area contributed by atoms with E-state index in [-0.39, 0.29) is 0 Å². The molecule has 0 aliphatic heterocycles. The Kier molecular flexibility index (Phi) is 4.67. The normalized spacial score (nSPS) is 10.8. The number of hydrogen-bond acceptors (Lipinski definition) is 3. The fraction of sp³-hybridized carbons (Fsp3) is 0.286. The van der Waals surface area contributed by atoms with Gasteiger partial charge in [0.15, 0.2) is 0 Å². The lowest BCUT2D eigenvalue weighted by atomic mass is 10.3. The van der Waals surface area contributed by atoms with Crippen LogP contribution in [0.3, 0.4) is 0 Å². The molecule has 0 unspecified atom stereocenters. The molecule has 0 radical (unpaired) electrons. The molecule has 1 aromatic carbocycles. The number of nitrogens with one attached hydrogen (secondary N) is 1. The predicted molar refractivity (Wildman–Crippen MR) is 75.0 cm³/mol. The largest absolute Gasteiger partial charge is 0.472 e. The molecule has 96 valence electrons. The minimum absolute atomic E-state index is 0.762. The molecule has 18 heavy (non-hydrogen) atoms. The highest BCUT2D eigenvalue weighted by Crippen LogP contribution is 2.13. The van der Waals surface area contributed by atoms with Crippen molar-refractivity contribution in [2.24, 2.45) is 0 Å². The van der Waals surface area contributed by atoms with E-state index in [9.17, 15) is 0 Å². The second-order valence-corrected chi connectivity index (χ2v) is 4.74. The van der Waals surface area contributed by atoms with Crippen molar-refractivity contribution < 1.29 is 4.42 Å². The number of benzene rings is 1. The number of rotatable bonds is 6. The van der Waals surface area contributed by atoms with Crippen LogP contribution in [0.5, 0.6) is 0 Å². The van der Waals surface area contributed by atoms with E-state index in [0.717, 1.165) is 30.3 Å². The number of anilines is 1. The first-order chi connectivity index (χ1) is 8.74. The molecule has 0 fully saturated rings. The summed E-state index contributed by atoms with van der Waals surface area (Å²) in [6.07, 6.45) is 3.48. The van der Waals surface area contributed by atoms with Crippen molar-refractivity contribution in [1.82, 2.24) is 4.90 Å². The molecule has 1 heterocycles. The minimum Gasteiger partial charge on any atom is -0.472 e. The van der Waals surface area contributed by atoms with E-state index in [1.807, 2.05) is 30.3 Å². The predicted octanol–water partition coefficient (Wildman–Crippen LogP) is 3.48. The monoisotopic (exact) mass is 264 g/mol. The number of halogens is 1. The van der Waals surface area contributed by atoms with Gasteiger partial charge in [0, 0.05) is 35.9 Å². The third-order valence-electron chi connectivity index (χ3n) is 2.70. The van der Waals surface area contributed by atoms with Gasteiger partial charge in [0.2, 0.25) is 0 Å². The maximum absolute atomic E-state index is 5.83. The van der Waals surface area contributed by atoms with E-state index >= 15 is 0 Å². The topological polar surface area (TPSA) is 28.4 Å². The molecular weight excluding hydrogens is 248 g/mol. The van der Waals surface area contributed by atoms with Crippen molar-refractivity contribution in [3.8, 4) is 0 Å². The summed E-state index contributed by atoms with van der Waals surface area (Å²) in [5.41, 5.74) is 2.29. The van der Waals surface area contributed by atoms with Gasteiger partial charge in [0.25, 0.3) is 0 Å². The van der Waals surface area contributed by atoms with Crippen LogP contribution in [0, 0.1) is 0 Å². The van der Waals surface area contributed by atoms with Crippen LogP contribution in [0.25, 0.3) is 0 Å². The second-order valence-electron chi connectivity index (χ2n) is 4.30. The first-order valence-electron chi connectivity index (χ1n) is 5.93. The van der Waals surface area contributed by atoms with Gasteiger partial charge < -0.3 is 14.6 Å². The van der Waals surface area contributed by atoms with Crippen LogP contribution in [0.15, 0.2) is 47.3 Å². The first kappa shape index (κ1) is 13.0. The van der Waals surface area contributed by atoms with Gasteiger partial charge in [0.05, 0.1) is 12.5 Å². The molecule has 0 atom stereocenters. The lowest BCUT2D eigenvalue weighted by Gasteiger charge is -2.16. The van der Waals surface area contributed by atoms with Gasteiger partial charge in [-0.3, -0.25) is 0 Å². The van der Waals surface area contributed by atoms with Gasteiger partial charge in [-0.1, -0.05) is 11.6 Å². The SMILES string of the molecule is CN(CCNc1ccc(Cl)cc1)Cc1ccoc1. The molecule has 0 bridgehead atoms. The zero-order valence-corrected chi connectivity index (χ0v) is 11.2. The number of furan rings is 1. The number of likely N-dealkylation sites (N-methyl/N-ethyl adjacent to an activating group) is 1.